The summed E-state index contributed by atoms with van der Waals surface area (Å²) in [6.07, 6.45) is -3.68. The first-order valence-corrected chi connectivity index (χ1v) is 9.32. The molecule has 1 amide bonds. The fourth-order valence-corrected chi connectivity index (χ4v) is 2.60. The number of alkyl halides is 3. The number of Topliss-reactive ketones (excluding diaryl/α,β-unsaturated/α-hetero) is 1. The number of hydrogen-bond donors (Lipinski definition) is 1. The molecule has 0 spiro atoms. The number of ketones is 1. The Bertz CT molecular complexity index is 862. The monoisotopic (exact) mass is 407 g/mol. The SMILES string of the molecule is Cc1cc(C(=O)NCc2ccc(CCC(F)(F)F)nc2)cc(CC(=O)C(C)C)n1. The molecule has 2 heterocycles. The van der Waals surface area contributed by atoms with Gasteiger partial charge < -0.3 is 5.32 Å². The van der Waals surface area contributed by atoms with Crippen molar-refractivity contribution in [2.24, 2.45) is 5.92 Å². The van der Waals surface area contributed by atoms with Crippen molar-refractivity contribution in [3.05, 3.63) is 58.7 Å². The smallest absolute Gasteiger partial charge is 0.348 e. The van der Waals surface area contributed by atoms with Crippen LogP contribution in [0.4, 0.5) is 13.2 Å². The molecule has 0 fully saturated rings. The van der Waals surface area contributed by atoms with Crippen molar-refractivity contribution in [1.29, 1.82) is 0 Å². The Morgan fingerprint density at radius 1 is 1.14 bits per heavy atom. The molecule has 2 aromatic heterocycles. The van der Waals surface area contributed by atoms with E-state index in [-0.39, 0.29) is 37.0 Å². The van der Waals surface area contributed by atoms with Gasteiger partial charge in [-0.15, -0.1) is 0 Å². The molecule has 0 saturated heterocycles. The molecule has 0 unspecified atom stereocenters. The Morgan fingerprint density at radius 3 is 2.45 bits per heavy atom. The minimum absolute atomic E-state index is 0.0474. The standard InChI is InChI=1S/C21H24F3N3O2/c1-13(2)19(28)10-18-9-16(8-14(3)27-18)20(29)26-12-15-4-5-17(25-11-15)6-7-21(22,23)24/h4-5,8-9,11,13H,6-7,10,12H2,1-3H3,(H,26,29). The summed E-state index contributed by atoms with van der Waals surface area (Å²) in [5, 5.41) is 2.75. The molecule has 0 bridgehead atoms. The normalized spacial score (nSPS) is 11.6. The Morgan fingerprint density at radius 2 is 1.86 bits per heavy atom. The van der Waals surface area contributed by atoms with Gasteiger partial charge in [0.15, 0.2) is 0 Å². The number of hydrogen-bond acceptors (Lipinski definition) is 4. The van der Waals surface area contributed by atoms with Crippen molar-refractivity contribution in [2.75, 3.05) is 0 Å². The molecular formula is C21H24F3N3O2. The van der Waals surface area contributed by atoms with Crippen LogP contribution in [0.15, 0.2) is 30.5 Å². The number of aryl methyl sites for hydroxylation is 2. The average molecular weight is 407 g/mol. The van der Waals surface area contributed by atoms with Crippen LogP contribution < -0.4 is 5.32 Å². The Kier molecular flexibility index (Phi) is 7.47. The Hall–Kier alpha value is -2.77. The van der Waals surface area contributed by atoms with E-state index in [0.717, 1.165) is 0 Å². The maximum Gasteiger partial charge on any atom is 0.389 e. The molecule has 0 aliphatic rings. The van der Waals surface area contributed by atoms with Gasteiger partial charge in [0.25, 0.3) is 5.91 Å². The lowest BCUT2D eigenvalue weighted by Gasteiger charge is -2.10. The van der Waals surface area contributed by atoms with Gasteiger partial charge in [-0.25, -0.2) is 0 Å². The summed E-state index contributed by atoms with van der Waals surface area (Å²) in [7, 11) is 0. The van der Waals surface area contributed by atoms with Crippen LogP contribution in [0.3, 0.4) is 0 Å². The van der Waals surface area contributed by atoms with E-state index in [1.54, 1.807) is 25.1 Å². The van der Waals surface area contributed by atoms with E-state index in [1.165, 1.54) is 12.3 Å². The maximum atomic E-state index is 12.5. The topological polar surface area (TPSA) is 72.0 Å². The zero-order valence-electron chi connectivity index (χ0n) is 16.6. The highest BCUT2D eigenvalue weighted by Gasteiger charge is 2.26. The van der Waals surface area contributed by atoms with Gasteiger partial charge in [-0.05, 0) is 37.1 Å². The van der Waals surface area contributed by atoms with Gasteiger partial charge in [0.05, 0.1) is 0 Å². The van der Waals surface area contributed by atoms with Crippen LogP contribution in [-0.2, 0) is 24.2 Å². The van der Waals surface area contributed by atoms with E-state index in [4.69, 9.17) is 0 Å². The van der Waals surface area contributed by atoms with Crippen LogP contribution in [0.2, 0.25) is 0 Å². The van der Waals surface area contributed by atoms with Gasteiger partial charge in [-0.2, -0.15) is 13.2 Å². The second-order valence-corrected chi connectivity index (χ2v) is 7.24. The predicted molar refractivity (Wildman–Crippen MR) is 102 cm³/mol. The average Bonchev–Trinajstić information content (AvgIpc) is 2.64. The maximum absolute atomic E-state index is 12.5. The number of amides is 1. The van der Waals surface area contributed by atoms with Gasteiger partial charge in [-0.1, -0.05) is 19.9 Å². The number of nitrogens with zero attached hydrogens (tertiary/aromatic N) is 2. The zero-order chi connectivity index (χ0) is 21.6. The molecule has 0 radical (unpaired) electrons. The number of carbonyl (C=O) groups excluding carboxylic acids is 2. The fourth-order valence-electron chi connectivity index (χ4n) is 2.60. The van der Waals surface area contributed by atoms with Crippen molar-refractivity contribution in [3.8, 4) is 0 Å². The van der Waals surface area contributed by atoms with E-state index >= 15 is 0 Å². The van der Waals surface area contributed by atoms with Gasteiger partial charge >= 0.3 is 6.18 Å². The molecule has 2 aromatic rings. The third-order valence-electron chi connectivity index (χ3n) is 4.27. The van der Waals surface area contributed by atoms with Crippen LogP contribution in [-0.4, -0.2) is 27.8 Å². The molecule has 0 saturated carbocycles. The van der Waals surface area contributed by atoms with Crippen molar-refractivity contribution in [1.82, 2.24) is 15.3 Å². The molecule has 2 rings (SSSR count). The first kappa shape index (κ1) is 22.5. The minimum atomic E-state index is -4.21. The second kappa shape index (κ2) is 9.62. The van der Waals surface area contributed by atoms with Gasteiger partial charge in [0.1, 0.15) is 5.78 Å². The van der Waals surface area contributed by atoms with E-state index in [9.17, 15) is 22.8 Å². The highest BCUT2D eigenvalue weighted by molar-refractivity contribution is 5.94. The molecule has 1 N–H and O–H groups in total. The van der Waals surface area contributed by atoms with Crippen LogP contribution in [0.25, 0.3) is 0 Å². The lowest BCUT2D eigenvalue weighted by Crippen LogP contribution is -2.23. The molecule has 0 aromatic carbocycles. The molecule has 0 atom stereocenters. The first-order chi connectivity index (χ1) is 13.5. The third kappa shape index (κ3) is 7.63. The third-order valence-corrected chi connectivity index (χ3v) is 4.27. The van der Waals surface area contributed by atoms with Crippen LogP contribution in [0.1, 0.15) is 53.3 Å². The summed E-state index contributed by atoms with van der Waals surface area (Å²) in [4.78, 5) is 32.7. The van der Waals surface area contributed by atoms with Crippen molar-refractivity contribution in [3.63, 3.8) is 0 Å². The van der Waals surface area contributed by atoms with Crippen molar-refractivity contribution in [2.45, 2.75) is 52.8 Å². The van der Waals surface area contributed by atoms with E-state index < -0.39 is 12.6 Å². The van der Waals surface area contributed by atoms with Crippen LogP contribution >= 0.6 is 0 Å². The van der Waals surface area contributed by atoms with Crippen LogP contribution in [0, 0.1) is 12.8 Å². The molecule has 156 valence electrons. The number of aromatic nitrogens is 2. The Labute approximate surface area is 167 Å². The van der Waals surface area contributed by atoms with E-state index in [0.29, 0.717) is 28.2 Å². The predicted octanol–water partition coefficient (Wildman–Crippen LogP) is 3.98. The largest absolute Gasteiger partial charge is 0.389 e. The van der Waals surface area contributed by atoms with E-state index in [2.05, 4.69) is 15.3 Å². The molecule has 0 aliphatic heterocycles. The van der Waals surface area contributed by atoms with E-state index in [1.807, 2.05) is 13.8 Å². The van der Waals surface area contributed by atoms with Gasteiger partial charge in [0.2, 0.25) is 0 Å². The summed E-state index contributed by atoms with van der Waals surface area (Å²) >= 11 is 0. The highest BCUT2D eigenvalue weighted by Crippen LogP contribution is 2.21. The fraction of sp³-hybridized carbons (Fsp3) is 0.429. The number of carbonyl (C=O) groups is 2. The number of rotatable bonds is 8. The minimum Gasteiger partial charge on any atom is -0.348 e. The van der Waals surface area contributed by atoms with Gasteiger partial charge in [-0.3, -0.25) is 19.6 Å². The second-order valence-electron chi connectivity index (χ2n) is 7.24. The van der Waals surface area contributed by atoms with Crippen molar-refractivity contribution >= 4 is 11.7 Å². The number of nitrogens with one attached hydrogen (secondary N) is 1. The lowest BCUT2D eigenvalue weighted by atomic mass is 10.0. The number of halogens is 3. The van der Waals surface area contributed by atoms with Crippen LogP contribution in [0.5, 0.6) is 0 Å². The summed E-state index contributed by atoms with van der Waals surface area (Å²) in [5.74, 6) is -0.387. The molecule has 0 aliphatic carbocycles. The summed E-state index contributed by atoms with van der Waals surface area (Å²) < 4.78 is 36.8. The first-order valence-electron chi connectivity index (χ1n) is 9.32. The molecule has 8 heteroatoms. The summed E-state index contributed by atoms with van der Waals surface area (Å²) in [5.41, 5.74) is 2.61. The molecular weight excluding hydrogens is 383 g/mol. The molecule has 5 nitrogen and oxygen atoms in total. The van der Waals surface area contributed by atoms with Crippen molar-refractivity contribution < 1.29 is 22.8 Å². The Balaban J connectivity index is 1.96. The zero-order valence-corrected chi connectivity index (χ0v) is 16.6. The van der Waals surface area contributed by atoms with Gasteiger partial charge in [0, 0.05) is 54.1 Å². The highest BCUT2D eigenvalue weighted by atomic mass is 19.4. The molecule has 29 heavy (non-hydrogen) atoms. The lowest BCUT2D eigenvalue weighted by molar-refractivity contribution is -0.134. The summed E-state index contributed by atoms with van der Waals surface area (Å²) in [6, 6.07) is 6.40. The summed E-state index contributed by atoms with van der Waals surface area (Å²) in [6.45, 7) is 5.57. The number of pyridine rings is 2. The quantitative estimate of drug-likeness (QED) is 0.719.